The predicted octanol–water partition coefficient (Wildman–Crippen LogP) is 4.24. The fraction of sp³-hybridized carbons (Fsp3) is 1.00. The Morgan fingerprint density at radius 1 is 1.00 bits per heavy atom. The second-order valence-electron chi connectivity index (χ2n) is 12.6. The van der Waals surface area contributed by atoms with Crippen molar-refractivity contribution < 1.29 is 9.47 Å². The van der Waals surface area contributed by atoms with E-state index >= 15 is 0 Å². The summed E-state index contributed by atoms with van der Waals surface area (Å²) in [7, 11) is 8.87. The third-order valence-corrected chi connectivity index (χ3v) is 11.9. The Labute approximate surface area is 184 Å². The number of rotatable bonds is 2. The fourth-order valence-corrected chi connectivity index (χ4v) is 10.3. The van der Waals surface area contributed by atoms with E-state index in [1.54, 1.807) is 0 Å². The highest BCUT2D eigenvalue weighted by atomic mass is 16.7. The van der Waals surface area contributed by atoms with Crippen molar-refractivity contribution in [2.45, 2.75) is 82.6 Å². The van der Waals surface area contributed by atoms with E-state index in [4.69, 9.17) is 9.47 Å². The van der Waals surface area contributed by atoms with Crippen LogP contribution in [0.25, 0.3) is 0 Å². The van der Waals surface area contributed by atoms with Gasteiger partial charge in [0, 0.05) is 43.5 Å². The normalized spacial score (nSPS) is 57.6. The highest BCUT2D eigenvalue weighted by molar-refractivity contribution is 5.20. The molecule has 4 aliphatic carbocycles. The lowest BCUT2D eigenvalue weighted by molar-refractivity contribution is -0.244. The van der Waals surface area contributed by atoms with Crippen LogP contribution in [-0.2, 0) is 9.47 Å². The summed E-state index contributed by atoms with van der Waals surface area (Å²) in [4.78, 5) is 5.17. The summed E-state index contributed by atoms with van der Waals surface area (Å²) in [6, 6.07) is 1.48. The molecule has 0 radical (unpaired) electrons. The van der Waals surface area contributed by atoms with Gasteiger partial charge in [-0.1, -0.05) is 6.92 Å². The van der Waals surface area contributed by atoms with Gasteiger partial charge in [0.25, 0.3) is 0 Å². The van der Waals surface area contributed by atoms with E-state index < -0.39 is 0 Å². The lowest BCUT2D eigenvalue weighted by Gasteiger charge is -2.61. The number of hydrogen-bond donors (Lipinski definition) is 0. The first-order valence-electron chi connectivity index (χ1n) is 12.9. The SMILES string of the molecule is CO[C@@]12CCN(C)C3C[C@H]4[C@@H]5CC[C@H]6C[C@@H](N(C)C)CC[C@]6(C)[C@H]5CC[C@]4(CO1)C32. The van der Waals surface area contributed by atoms with Crippen LogP contribution < -0.4 is 0 Å². The predicted molar refractivity (Wildman–Crippen MR) is 119 cm³/mol. The zero-order chi connectivity index (χ0) is 20.9. The summed E-state index contributed by atoms with van der Waals surface area (Å²) >= 11 is 0. The van der Waals surface area contributed by atoms with Gasteiger partial charge in [-0.15, -0.1) is 0 Å². The lowest BCUT2D eigenvalue weighted by atomic mass is 9.44. The third kappa shape index (κ3) is 2.43. The van der Waals surface area contributed by atoms with E-state index in [2.05, 4.69) is 37.9 Å². The Kier molecular flexibility index (Phi) is 4.55. The van der Waals surface area contributed by atoms with Gasteiger partial charge in [-0.3, -0.25) is 0 Å². The number of ether oxygens (including phenoxy) is 2. The van der Waals surface area contributed by atoms with Crippen LogP contribution in [-0.4, -0.2) is 69.1 Å². The molecule has 2 heterocycles. The zero-order valence-corrected chi connectivity index (χ0v) is 20.0. The fourth-order valence-electron chi connectivity index (χ4n) is 10.3. The highest BCUT2D eigenvalue weighted by Crippen LogP contribution is 2.72. The maximum atomic E-state index is 6.63. The second kappa shape index (κ2) is 6.68. The van der Waals surface area contributed by atoms with Crippen LogP contribution in [0.2, 0.25) is 0 Å². The molecule has 2 aliphatic heterocycles. The molecule has 30 heavy (non-hydrogen) atoms. The number of hydrogen-bond acceptors (Lipinski definition) is 4. The first kappa shape index (κ1) is 20.4. The average molecular weight is 417 g/mol. The van der Waals surface area contributed by atoms with Crippen molar-refractivity contribution in [1.29, 1.82) is 0 Å². The van der Waals surface area contributed by atoms with Crippen molar-refractivity contribution >= 4 is 0 Å². The molecule has 2 saturated heterocycles. The number of methoxy groups -OCH3 is 1. The molecule has 6 aliphatic rings. The monoisotopic (exact) mass is 416 g/mol. The van der Waals surface area contributed by atoms with E-state index in [-0.39, 0.29) is 5.79 Å². The Morgan fingerprint density at radius 3 is 2.60 bits per heavy atom. The van der Waals surface area contributed by atoms with Crippen molar-refractivity contribution in [2.75, 3.05) is 41.4 Å². The van der Waals surface area contributed by atoms with Crippen molar-refractivity contribution in [3.05, 3.63) is 0 Å². The Balaban J connectivity index is 1.32. The van der Waals surface area contributed by atoms with E-state index in [1.807, 2.05) is 7.11 Å². The molecule has 1 spiro atoms. The Bertz CT molecular complexity index is 699. The van der Waals surface area contributed by atoms with Crippen LogP contribution >= 0.6 is 0 Å². The van der Waals surface area contributed by atoms with Gasteiger partial charge in [0.1, 0.15) is 0 Å². The molecular formula is C26H44N2O2. The highest BCUT2D eigenvalue weighted by Gasteiger charge is 2.73. The molecule has 0 aromatic carbocycles. The van der Waals surface area contributed by atoms with Crippen LogP contribution in [0.1, 0.15) is 64.7 Å². The van der Waals surface area contributed by atoms with Crippen LogP contribution in [0.4, 0.5) is 0 Å². The summed E-state index contributed by atoms with van der Waals surface area (Å²) in [5.74, 6) is 3.97. The number of nitrogens with zero attached hydrogens (tertiary/aromatic N) is 2. The molecule has 4 saturated carbocycles. The van der Waals surface area contributed by atoms with Crippen molar-refractivity contribution in [3.63, 3.8) is 0 Å². The summed E-state index contributed by atoms with van der Waals surface area (Å²) in [5, 5.41) is 0. The van der Waals surface area contributed by atoms with Gasteiger partial charge in [-0.05, 0) is 102 Å². The molecule has 170 valence electrons. The lowest BCUT2D eigenvalue weighted by Crippen LogP contribution is -2.58. The summed E-state index contributed by atoms with van der Waals surface area (Å²) in [6.45, 7) is 4.79. The van der Waals surface area contributed by atoms with Crippen LogP contribution in [0.15, 0.2) is 0 Å². The van der Waals surface area contributed by atoms with Gasteiger partial charge in [0.05, 0.1) is 6.61 Å². The molecule has 0 amide bonds. The maximum absolute atomic E-state index is 6.63. The van der Waals surface area contributed by atoms with Gasteiger partial charge in [-0.25, -0.2) is 0 Å². The minimum absolute atomic E-state index is 0.288. The Hall–Kier alpha value is -0.160. The van der Waals surface area contributed by atoms with Gasteiger partial charge >= 0.3 is 0 Å². The molecule has 4 nitrogen and oxygen atoms in total. The third-order valence-electron chi connectivity index (χ3n) is 11.9. The summed E-state index contributed by atoms with van der Waals surface area (Å²) < 4.78 is 12.8. The molecule has 6 rings (SSSR count). The molecular weight excluding hydrogens is 372 g/mol. The minimum atomic E-state index is -0.288. The molecule has 0 aromatic heterocycles. The molecule has 6 fully saturated rings. The minimum Gasteiger partial charge on any atom is -0.353 e. The van der Waals surface area contributed by atoms with E-state index in [0.717, 1.165) is 49.3 Å². The van der Waals surface area contributed by atoms with E-state index in [1.165, 1.54) is 51.4 Å². The van der Waals surface area contributed by atoms with Crippen molar-refractivity contribution in [1.82, 2.24) is 9.80 Å². The maximum Gasteiger partial charge on any atom is 0.174 e. The first-order valence-corrected chi connectivity index (χ1v) is 12.9. The van der Waals surface area contributed by atoms with Crippen molar-refractivity contribution in [3.8, 4) is 0 Å². The molecule has 4 heteroatoms. The quantitative estimate of drug-likeness (QED) is 0.672. The van der Waals surface area contributed by atoms with Crippen LogP contribution in [0.3, 0.4) is 0 Å². The summed E-state index contributed by atoms with van der Waals surface area (Å²) in [5.41, 5.74) is 0.967. The van der Waals surface area contributed by atoms with Crippen molar-refractivity contribution in [2.24, 2.45) is 40.4 Å². The van der Waals surface area contributed by atoms with Gasteiger partial charge in [-0.2, -0.15) is 0 Å². The van der Waals surface area contributed by atoms with E-state index in [0.29, 0.717) is 22.8 Å². The average Bonchev–Trinajstić information content (AvgIpc) is 3.26. The summed E-state index contributed by atoms with van der Waals surface area (Å²) in [6.07, 6.45) is 12.5. The van der Waals surface area contributed by atoms with Crippen LogP contribution in [0, 0.1) is 40.4 Å². The largest absolute Gasteiger partial charge is 0.353 e. The molecule has 2 unspecified atom stereocenters. The van der Waals surface area contributed by atoms with Gasteiger partial charge in [0.15, 0.2) is 5.79 Å². The van der Waals surface area contributed by atoms with Gasteiger partial charge < -0.3 is 19.3 Å². The molecule has 0 aromatic rings. The Morgan fingerprint density at radius 2 is 1.83 bits per heavy atom. The zero-order valence-electron chi connectivity index (χ0n) is 20.0. The molecule has 0 N–H and O–H groups in total. The van der Waals surface area contributed by atoms with E-state index in [9.17, 15) is 0 Å². The standard InChI is InChI=1S/C26H44N2O2/c1-24-10-8-18(27(2)3)14-17(24)6-7-19-20(24)9-11-25-16-30-26(29-5)12-13-28(4)22(23(25)26)15-21(19)25/h17-23H,6-16H2,1-5H3/t17-,18-,19+,20-,21-,22?,23?,24-,25+,26-/m0/s1. The smallest absolute Gasteiger partial charge is 0.174 e. The topological polar surface area (TPSA) is 24.9 Å². The second-order valence-corrected chi connectivity index (χ2v) is 12.6. The molecule has 10 atom stereocenters. The molecule has 0 bridgehead atoms. The number of fused-ring (bicyclic) bond motifs is 4. The van der Waals surface area contributed by atoms with Crippen LogP contribution in [0.5, 0.6) is 0 Å². The van der Waals surface area contributed by atoms with Gasteiger partial charge in [0.2, 0.25) is 0 Å². The number of likely N-dealkylation sites (tertiary alicyclic amines) is 1. The first-order chi connectivity index (χ1) is 14.3. The number of piperidine rings is 1.